The highest BCUT2D eigenvalue weighted by Crippen LogP contribution is 2.19. The van der Waals surface area contributed by atoms with E-state index in [2.05, 4.69) is 5.32 Å². The second-order valence-electron chi connectivity index (χ2n) is 4.92. The van der Waals surface area contributed by atoms with E-state index < -0.39 is 30.6 Å². The molecule has 5 nitrogen and oxygen atoms in total. The van der Waals surface area contributed by atoms with Crippen molar-refractivity contribution in [3.05, 3.63) is 35.9 Å². The van der Waals surface area contributed by atoms with Crippen LogP contribution in [0.1, 0.15) is 12.5 Å². The smallest absolute Gasteiger partial charge is 0.137 e. The summed E-state index contributed by atoms with van der Waals surface area (Å²) in [5.41, 5.74) is 1.19. The fourth-order valence-corrected chi connectivity index (χ4v) is 2.22. The van der Waals surface area contributed by atoms with Gasteiger partial charge in [-0.25, -0.2) is 0 Å². The van der Waals surface area contributed by atoms with Crippen molar-refractivity contribution in [3.8, 4) is 0 Å². The van der Waals surface area contributed by atoms with Crippen molar-refractivity contribution in [1.29, 1.82) is 0 Å². The lowest BCUT2D eigenvalue weighted by Crippen LogP contribution is -2.61. The van der Waals surface area contributed by atoms with Gasteiger partial charge in [-0.05, 0) is 18.9 Å². The molecule has 1 fully saturated rings. The van der Waals surface area contributed by atoms with Gasteiger partial charge in [-0.15, -0.1) is 0 Å². The van der Waals surface area contributed by atoms with Crippen molar-refractivity contribution in [2.24, 2.45) is 0 Å². The van der Waals surface area contributed by atoms with Crippen LogP contribution in [0.5, 0.6) is 0 Å². The van der Waals surface area contributed by atoms with Gasteiger partial charge in [0.1, 0.15) is 24.5 Å². The Labute approximate surface area is 112 Å². The molecule has 0 bridgehead atoms. The summed E-state index contributed by atoms with van der Waals surface area (Å²) in [6.45, 7) is 2.30. The van der Waals surface area contributed by atoms with E-state index in [0.717, 1.165) is 6.42 Å². The van der Waals surface area contributed by atoms with Crippen LogP contribution in [0.4, 0.5) is 0 Å². The minimum absolute atomic E-state index is 0.507. The minimum Gasteiger partial charge on any atom is -0.388 e. The lowest BCUT2D eigenvalue weighted by atomic mass is 9.99. The van der Waals surface area contributed by atoms with Crippen LogP contribution in [0, 0.1) is 0 Å². The molecule has 0 amide bonds. The average Bonchev–Trinajstić information content (AvgIpc) is 2.43. The van der Waals surface area contributed by atoms with Gasteiger partial charge in [0.05, 0.1) is 6.10 Å². The lowest BCUT2D eigenvalue weighted by Gasteiger charge is -2.39. The monoisotopic (exact) mass is 267 g/mol. The standard InChI is InChI=1S/C14H21NO4/c1-9-11(16)12(17)13(18)14(19-9)15-8-7-10-5-3-2-4-6-10/h2-6,9,11-18H,7-8H2,1H3/t9-,11-,12-,13+,14-/m0/s1. The van der Waals surface area contributed by atoms with E-state index >= 15 is 0 Å². The first kappa shape index (κ1) is 14.4. The molecule has 0 aliphatic carbocycles. The topological polar surface area (TPSA) is 82.0 Å². The normalized spacial score (nSPS) is 35.3. The van der Waals surface area contributed by atoms with E-state index in [9.17, 15) is 15.3 Å². The molecule has 1 aromatic rings. The van der Waals surface area contributed by atoms with Crippen LogP contribution in [0.25, 0.3) is 0 Å². The SMILES string of the molecule is C[C@@H]1O[C@H](NCCc2ccccc2)[C@H](O)[C@@H](O)[C@H]1O. The van der Waals surface area contributed by atoms with Gasteiger partial charge in [0.2, 0.25) is 0 Å². The maximum atomic E-state index is 9.83. The molecule has 1 aliphatic heterocycles. The Morgan fingerprint density at radius 3 is 2.42 bits per heavy atom. The zero-order chi connectivity index (χ0) is 13.8. The van der Waals surface area contributed by atoms with Gasteiger partial charge >= 0.3 is 0 Å². The molecule has 5 atom stereocenters. The van der Waals surface area contributed by atoms with Crippen molar-refractivity contribution in [1.82, 2.24) is 5.32 Å². The van der Waals surface area contributed by atoms with Crippen LogP contribution in [0.15, 0.2) is 30.3 Å². The number of hydrogen-bond acceptors (Lipinski definition) is 5. The highest BCUT2D eigenvalue weighted by molar-refractivity contribution is 5.14. The fraction of sp³-hybridized carbons (Fsp3) is 0.571. The summed E-state index contributed by atoms with van der Waals surface area (Å²) in [7, 11) is 0. The number of nitrogens with one attached hydrogen (secondary N) is 1. The number of aliphatic hydroxyl groups is 3. The maximum Gasteiger partial charge on any atom is 0.137 e. The molecular formula is C14H21NO4. The van der Waals surface area contributed by atoms with Crippen LogP contribution < -0.4 is 5.32 Å². The van der Waals surface area contributed by atoms with Crippen LogP contribution in [0.2, 0.25) is 0 Å². The first-order valence-electron chi connectivity index (χ1n) is 6.56. The number of ether oxygens (including phenoxy) is 1. The van der Waals surface area contributed by atoms with Gasteiger partial charge < -0.3 is 20.1 Å². The Kier molecular flexibility index (Phi) is 4.90. The zero-order valence-electron chi connectivity index (χ0n) is 10.9. The molecular weight excluding hydrogens is 246 g/mol. The van der Waals surface area contributed by atoms with Gasteiger partial charge in [0, 0.05) is 6.54 Å². The summed E-state index contributed by atoms with van der Waals surface area (Å²) in [4.78, 5) is 0. The van der Waals surface area contributed by atoms with Gasteiger partial charge in [-0.1, -0.05) is 30.3 Å². The van der Waals surface area contributed by atoms with Gasteiger partial charge in [-0.2, -0.15) is 0 Å². The third kappa shape index (κ3) is 3.52. The molecule has 106 valence electrons. The second kappa shape index (κ2) is 6.45. The highest BCUT2D eigenvalue weighted by Gasteiger charge is 2.41. The summed E-state index contributed by atoms with van der Waals surface area (Å²) in [5.74, 6) is 0. The third-order valence-corrected chi connectivity index (χ3v) is 3.45. The number of benzene rings is 1. The number of hydrogen-bond donors (Lipinski definition) is 4. The van der Waals surface area contributed by atoms with Crippen LogP contribution >= 0.6 is 0 Å². The maximum absolute atomic E-state index is 9.83. The summed E-state index contributed by atoms with van der Waals surface area (Å²) in [6, 6.07) is 9.97. The second-order valence-corrected chi connectivity index (χ2v) is 4.92. The fourth-order valence-electron chi connectivity index (χ4n) is 2.22. The Morgan fingerprint density at radius 2 is 1.74 bits per heavy atom. The number of aliphatic hydroxyl groups excluding tert-OH is 3. The molecule has 5 heteroatoms. The zero-order valence-corrected chi connectivity index (χ0v) is 10.9. The molecule has 0 unspecified atom stereocenters. The molecule has 0 spiro atoms. The van der Waals surface area contributed by atoms with E-state index in [1.807, 2.05) is 30.3 Å². The first-order chi connectivity index (χ1) is 9.09. The van der Waals surface area contributed by atoms with E-state index in [1.54, 1.807) is 6.92 Å². The molecule has 1 aromatic carbocycles. The molecule has 1 heterocycles. The molecule has 0 aromatic heterocycles. The van der Waals surface area contributed by atoms with Crippen LogP contribution in [-0.2, 0) is 11.2 Å². The predicted molar refractivity (Wildman–Crippen MR) is 70.5 cm³/mol. The van der Waals surface area contributed by atoms with Gasteiger partial charge in [-0.3, -0.25) is 5.32 Å². The Bertz CT molecular complexity index is 386. The molecule has 2 rings (SSSR count). The van der Waals surface area contributed by atoms with Crippen molar-refractivity contribution in [2.45, 2.75) is 44.0 Å². The van der Waals surface area contributed by atoms with E-state index in [1.165, 1.54) is 5.56 Å². The lowest BCUT2D eigenvalue weighted by molar-refractivity contribution is -0.224. The summed E-state index contributed by atoms with van der Waals surface area (Å²) in [6.07, 6.45) is -3.72. The molecule has 1 aliphatic rings. The van der Waals surface area contributed by atoms with Crippen molar-refractivity contribution in [2.75, 3.05) is 6.54 Å². The van der Waals surface area contributed by atoms with Gasteiger partial charge in [0.25, 0.3) is 0 Å². The van der Waals surface area contributed by atoms with Crippen LogP contribution in [0.3, 0.4) is 0 Å². The Balaban J connectivity index is 1.82. The largest absolute Gasteiger partial charge is 0.388 e. The summed E-state index contributed by atoms with van der Waals surface area (Å²) < 4.78 is 5.45. The molecule has 4 N–H and O–H groups in total. The Hall–Kier alpha value is -0.980. The van der Waals surface area contributed by atoms with E-state index in [0.29, 0.717) is 6.54 Å². The third-order valence-electron chi connectivity index (χ3n) is 3.45. The number of rotatable bonds is 4. The predicted octanol–water partition coefficient (Wildman–Crippen LogP) is -0.354. The quantitative estimate of drug-likeness (QED) is 0.599. The molecule has 1 saturated heterocycles. The first-order valence-corrected chi connectivity index (χ1v) is 6.56. The Morgan fingerprint density at radius 1 is 1.05 bits per heavy atom. The molecule has 0 saturated carbocycles. The summed E-state index contributed by atoms with van der Waals surface area (Å²) >= 11 is 0. The van der Waals surface area contributed by atoms with Crippen LogP contribution in [-0.4, -0.2) is 52.5 Å². The minimum atomic E-state index is -1.18. The molecule has 19 heavy (non-hydrogen) atoms. The summed E-state index contributed by atoms with van der Waals surface area (Å²) in [5, 5.41) is 32.1. The molecule has 0 radical (unpaired) electrons. The average molecular weight is 267 g/mol. The van der Waals surface area contributed by atoms with Crippen molar-refractivity contribution < 1.29 is 20.1 Å². The van der Waals surface area contributed by atoms with Crippen molar-refractivity contribution >= 4 is 0 Å². The van der Waals surface area contributed by atoms with Gasteiger partial charge in [0.15, 0.2) is 0 Å². The van der Waals surface area contributed by atoms with E-state index in [-0.39, 0.29) is 0 Å². The van der Waals surface area contributed by atoms with E-state index in [4.69, 9.17) is 4.74 Å². The highest BCUT2D eigenvalue weighted by atomic mass is 16.5. The van der Waals surface area contributed by atoms with Crippen molar-refractivity contribution in [3.63, 3.8) is 0 Å².